The van der Waals surface area contributed by atoms with Gasteiger partial charge in [-0.25, -0.2) is 4.39 Å². The number of hydrogen-bond acceptors (Lipinski definition) is 2. The number of benzene rings is 2. The van der Waals surface area contributed by atoms with Crippen molar-refractivity contribution in [1.29, 1.82) is 0 Å². The Bertz CT molecular complexity index is 572. The summed E-state index contributed by atoms with van der Waals surface area (Å²) < 4.78 is 19.9. The average Bonchev–Trinajstić information content (AvgIpc) is 2.34. The SMILES string of the molecule is Cc1ccc(F)c(Oc2ccc(CN)c(Br)c2)c1. The molecule has 94 valence electrons. The molecule has 0 unspecified atom stereocenters. The van der Waals surface area contributed by atoms with E-state index in [1.807, 2.05) is 13.0 Å². The molecule has 2 nitrogen and oxygen atoms in total. The van der Waals surface area contributed by atoms with Crippen LogP contribution in [0.5, 0.6) is 11.5 Å². The predicted molar refractivity (Wildman–Crippen MR) is 73.2 cm³/mol. The van der Waals surface area contributed by atoms with E-state index >= 15 is 0 Å². The molecule has 0 spiro atoms. The minimum absolute atomic E-state index is 0.224. The largest absolute Gasteiger partial charge is 0.454 e. The van der Waals surface area contributed by atoms with Crippen molar-refractivity contribution in [3.8, 4) is 11.5 Å². The van der Waals surface area contributed by atoms with Gasteiger partial charge < -0.3 is 10.5 Å². The molecule has 0 saturated carbocycles. The first kappa shape index (κ1) is 13.1. The number of hydrogen-bond donors (Lipinski definition) is 1. The van der Waals surface area contributed by atoms with Gasteiger partial charge in [0.15, 0.2) is 11.6 Å². The van der Waals surface area contributed by atoms with Crippen molar-refractivity contribution in [2.75, 3.05) is 0 Å². The summed E-state index contributed by atoms with van der Waals surface area (Å²) in [6.07, 6.45) is 0. The van der Waals surface area contributed by atoms with Crippen molar-refractivity contribution in [2.24, 2.45) is 5.73 Å². The Hall–Kier alpha value is -1.39. The number of rotatable bonds is 3. The smallest absolute Gasteiger partial charge is 0.165 e. The molecule has 2 rings (SSSR count). The Morgan fingerprint density at radius 2 is 2.00 bits per heavy atom. The van der Waals surface area contributed by atoms with Gasteiger partial charge in [-0.05, 0) is 42.3 Å². The molecular weight excluding hydrogens is 297 g/mol. The second kappa shape index (κ2) is 5.50. The lowest BCUT2D eigenvalue weighted by atomic mass is 10.2. The molecule has 0 fully saturated rings. The van der Waals surface area contributed by atoms with E-state index in [1.165, 1.54) is 6.07 Å². The van der Waals surface area contributed by atoms with Gasteiger partial charge >= 0.3 is 0 Å². The van der Waals surface area contributed by atoms with Gasteiger partial charge in [0.1, 0.15) is 5.75 Å². The number of halogens is 2. The fraction of sp³-hybridized carbons (Fsp3) is 0.143. The molecule has 0 aliphatic rings. The monoisotopic (exact) mass is 309 g/mol. The molecule has 2 aromatic rings. The van der Waals surface area contributed by atoms with Gasteiger partial charge in [0.2, 0.25) is 0 Å². The highest BCUT2D eigenvalue weighted by Crippen LogP contribution is 2.29. The molecular formula is C14H13BrFNO. The van der Waals surface area contributed by atoms with E-state index in [0.717, 1.165) is 15.6 Å². The van der Waals surface area contributed by atoms with E-state index < -0.39 is 0 Å². The zero-order valence-corrected chi connectivity index (χ0v) is 11.5. The number of aryl methyl sites for hydroxylation is 1. The van der Waals surface area contributed by atoms with E-state index in [9.17, 15) is 4.39 Å². The van der Waals surface area contributed by atoms with Crippen molar-refractivity contribution >= 4 is 15.9 Å². The molecule has 2 aromatic carbocycles. The highest BCUT2D eigenvalue weighted by molar-refractivity contribution is 9.10. The summed E-state index contributed by atoms with van der Waals surface area (Å²) in [5.41, 5.74) is 7.49. The van der Waals surface area contributed by atoms with Crippen molar-refractivity contribution in [3.63, 3.8) is 0 Å². The van der Waals surface area contributed by atoms with E-state index in [0.29, 0.717) is 12.3 Å². The van der Waals surface area contributed by atoms with Crippen LogP contribution in [0.2, 0.25) is 0 Å². The molecule has 0 amide bonds. The van der Waals surface area contributed by atoms with E-state index in [-0.39, 0.29) is 11.6 Å². The van der Waals surface area contributed by atoms with Crippen LogP contribution in [-0.2, 0) is 6.54 Å². The molecule has 0 aliphatic heterocycles. The van der Waals surface area contributed by atoms with Crippen LogP contribution >= 0.6 is 15.9 Å². The number of ether oxygens (including phenoxy) is 1. The molecule has 0 saturated heterocycles. The summed E-state index contributed by atoms with van der Waals surface area (Å²) in [5.74, 6) is 0.422. The maximum Gasteiger partial charge on any atom is 0.165 e. The third-order valence-electron chi connectivity index (χ3n) is 2.56. The molecule has 18 heavy (non-hydrogen) atoms. The van der Waals surface area contributed by atoms with E-state index in [4.69, 9.17) is 10.5 Å². The lowest BCUT2D eigenvalue weighted by Gasteiger charge is -2.09. The zero-order valence-electron chi connectivity index (χ0n) is 9.91. The Labute approximate surface area is 114 Å². The first-order valence-corrected chi connectivity index (χ1v) is 6.32. The summed E-state index contributed by atoms with van der Waals surface area (Å²) in [4.78, 5) is 0. The second-order valence-electron chi connectivity index (χ2n) is 3.99. The van der Waals surface area contributed by atoms with Gasteiger partial charge in [-0.15, -0.1) is 0 Å². The van der Waals surface area contributed by atoms with Crippen LogP contribution < -0.4 is 10.5 Å². The molecule has 0 aliphatic carbocycles. The summed E-state index contributed by atoms with van der Waals surface area (Å²) in [5, 5.41) is 0. The third kappa shape index (κ3) is 2.89. The molecule has 0 atom stereocenters. The van der Waals surface area contributed by atoms with Crippen LogP contribution in [0, 0.1) is 12.7 Å². The first-order chi connectivity index (χ1) is 8.60. The number of nitrogens with two attached hydrogens (primary N) is 1. The van der Waals surface area contributed by atoms with E-state index in [2.05, 4.69) is 15.9 Å². The van der Waals surface area contributed by atoms with Gasteiger partial charge in [0.05, 0.1) is 0 Å². The molecule has 0 radical (unpaired) electrons. The Morgan fingerprint density at radius 1 is 1.22 bits per heavy atom. The fourth-order valence-corrected chi connectivity index (χ4v) is 2.09. The minimum atomic E-state index is -0.375. The van der Waals surface area contributed by atoms with E-state index in [1.54, 1.807) is 24.3 Å². The highest BCUT2D eigenvalue weighted by atomic mass is 79.9. The Morgan fingerprint density at radius 3 is 2.67 bits per heavy atom. The molecule has 2 N–H and O–H groups in total. The quantitative estimate of drug-likeness (QED) is 0.924. The van der Waals surface area contributed by atoms with Gasteiger partial charge in [-0.1, -0.05) is 28.1 Å². The van der Waals surface area contributed by atoms with Crippen LogP contribution in [0.4, 0.5) is 4.39 Å². The normalized spacial score (nSPS) is 10.4. The zero-order chi connectivity index (χ0) is 13.1. The maximum atomic E-state index is 13.5. The van der Waals surface area contributed by atoms with Crippen molar-refractivity contribution < 1.29 is 9.13 Å². The van der Waals surface area contributed by atoms with Crippen molar-refractivity contribution in [2.45, 2.75) is 13.5 Å². The van der Waals surface area contributed by atoms with Crippen LogP contribution in [0.3, 0.4) is 0 Å². The van der Waals surface area contributed by atoms with Crippen molar-refractivity contribution in [3.05, 3.63) is 57.8 Å². The minimum Gasteiger partial charge on any atom is -0.454 e. The first-order valence-electron chi connectivity index (χ1n) is 5.52. The second-order valence-corrected chi connectivity index (χ2v) is 4.85. The standard InChI is InChI=1S/C14H13BrFNO/c1-9-2-5-13(16)14(6-9)18-11-4-3-10(8-17)12(15)7-11/h2-7H,8,17H2,1H3. The van der Waals surface area contributed by atoms with Gasteiger partial charge in [-0.3, -0.25) is 0 Å². The summed E-state index contributed by atoms with van der Waals surface area (Å²) in [6, 6.07) is 10.2. The highest BCUT2D eigenvalue weighted by Gasteiger charge is 2.06. The topological polar surface area (TPSA) is 35.2 Å². The van der Waals surface area contributed by atoms with Crippen LogP contribution in [0.1, 0.15) is 11.1 Å². The fourth-order valence-electron chi connectivity index (χ4n) is 1.57. The molecule has 0 heterocycles. The lowest BCUT2D eigenvalue weighted by molar-refractivity contribution is 0.441. The maximum absolute atomic E-state index is 13.5. The Kier molecular flexibility index (Phi) is 3.99. The average molecular weight is 310 g/mol. The van der Waals surface area contributed by atoms with Crippen molar-refractivity contribution in [1.82, 2.24) is 0 Å². The molecule has 0 bridgehead atoms. The molecule has 0 aromatic heterocycles. The Balaban J connectivity index is 2.28. The van der Waals surface area contributed by atoms with Crippen LogP contribution in [-0.4, -0.2) is 0 Å². The van der Waals surface area contributed by atoms with Gasteiger partial charge in [-0.2, -0.15) is 0 Å². The third-order valence-corrected chi connectivity index (χ3v) is 3.30. The summed E-state index contributed by atoms with van der Waals surface area (Å²) >= 11 is 3.40. The van der Waals surface area contributed by atoms with Crippen LogP contribution in [0.25, 0.3) is 0 Å². The predicted octanol–water partition coefficient (Wildman–Crippen LogP) is 4.15. The van der Waals surface area contributed by atoms with Gasteiger partial charge in [0, 0.05) is 11.0 Å². The lowest BCUT2D eigenvalue weighted by Crippen LogP contribution is -1.97. The summed E-state index contributed by atoms with van der Waals surface area (Å²) in [7, 11) is 0. The summed E-state index contributed by atoms with van der Waals surface area (Å²) in [6.45, 7) is 2.33. The van der Waals surface area contributed by atoms with Crippen LogP contribution in [0.15, 0.2) is 40.9 Å². The molecule has 4 heteroatoms. The van der Waals surface area contributed by atoms with Gasteiger partial charge in [0.25, 0.3) is 0 Å².